The van der Waals surface area contributed by atoms with Gasteiger partial charge in [-0.3, -0.25) is 4.99 Å². The Morgan fingerprint density at radius 1 is 1.53 bits per heavy atom. The molecule has 0 aromatic carbocycles. The van der Waals surface area contributed by atoms with Crippen molar-refractivity contribution in [3.8, 4) is 5.75 Å². The molecule has 1 rings (SSSR count). The van der Waals surface area contributed by atoms with Crippen molar-refractivity contribution in [1.29, 1.82) is 0 Å². The molecule has 1 aromatic heterocycles. The zero-order chi connectivity index (χ0) is 14.3. The number of rotatable bonds is 6. The summed E-state index contributed by atoms with van der Waals surface area (Å²) in [7, 11) is 1.59. The van der Waals surface area contributed by atoms with Crippen LogP contribution in [0.1, 0.15) is 26.6 Å². The van der Waals surface area contributed by atoms with E-state index in [4.69, 9.17) is 4.74 Å². The maximum atomic E-state index is 5.23. The number of ether oxygens (including phenoxy) is 1. The van der Waals surface area contributed by atoms with Crippen molar-refractivity contribution in [2.45, 2.75) is 26.8 Å². The third kappa shape index (κ3) is 4.21. The van der Waals surface area contributed by atoms with Gasteiger partial charge in [0.05, 0.1) is 13.3 Å². The van der Waals surface area contributed by atoms with Crippen molar-refractivity contribution in [1.82, 2.24) is 9.97 Å². The van der Waals surface area contributed by atoms with E-state index in [-0.39, 0.29) is 6.04 Å². The number of hydrogen-bond acceptors (Lipinski definition) is 5. The van der Waals surface area contributed by atoms with Crippen LogP contribution in [-0.4, -0.2) is 29.3 Å². The van der Waals surface area contributed by atoms with E-state index < -0.39 is 0 Å². The van der Waals surface area contributed by atoms with Crippen molar-refractivity contribution >= 4 is 17.7 Å². The number of nitrogens with zero attached hydrogens (tertiary/aromatic N) is 3. The zero-order valence-corrected chi connectivity index (χ0v) is 11.8. The minimum absolute atomic E-state index is 0.252. The van der Waals surface area contributed by atoms with Crippen LogP contribution in [0.4, 0.5) is 5.82 Å². The lowest BCUT2D eigenvalue weighted by molar-refractivity contribution is 0.412. The predicted molar refractivity (Wildman–Crippen MR) is 79.7 cm³/mol. The van der Waals surface area contributed by atoms with Gasteiger partial charge in [-0.05, 0) is 20.8 Å². The number of anilines is 1. The fourth-order valence-electron chi connectivity index (χ4n) is 1.41. The SMILES string of the molecule is C=C/C=N\C(=C/C)c1ncc(OC)c(NC(C)C)n1. The van der Waals surface area contributed by atoms with Crippen LogP contribution in [0, 0.1) is 0 Å². The first-order valence-corrected chi connectivity index (χ1v) is 6.11. The van der Waals surface area contributed by atoms with Gasteiger partial charge in [-0.25, -0.2) is 9.97 Å². The summed E-state index contributed by atoms with van der Waals surface area (Å²) >= 11 is 0. The third-order valence-corrected chi connectivity index (χ3v) is 2.22. The average Bonchev–Trinajstić information content (AvgIpc) is 2.39. The molecule has 0 atom stereocenters. The summed E-state index contributed by atoms with van der Waals surface area (Å²) in [6.07, 6.45) is 6.71. The van der Waals surface area contributed by atoms with E-state index in [2.05, 4.69) is 26.9 Å². The summed E-state index contributed by atoms with van der Waals surface area (Å²) in [5.41, 5.74) is 0.689. The molecule has 0 saturated carbocycles. The molecule has 1 aromatic rings. The largest absolute Gasteiger partial charge is 0.491 e. The summed E-state index contributed by atoms with van der Waals surface area (Å²) in [5.74, 6) is 1.82. The molecule has 1 heterocycles. The molecule has 19 heavy (non-hydrogen) atoms. The van der Waals surface area contributed by atoms with Gasteiger partial charge in [-0.1, -0.05) is 18.7 Å². The molecule has 102 valence electrons. The second kappa shape index (κ2) is 7.31. The van der Waals surface area contributed by atoms with E-state index in [1.54, 1.807) is 25.6 Å². The van der Waals surface area contributed by atoms with E-state index in [0.717, 1.165) is 0 Å². The van der Waals surface area contributed by atoms with Crippen molar-refractivity contribution in [3.05, 3.63) is 30.8 Å². The molecule has 0 bridgehead atoms. The summed E-state index contributed by atoms with van der Waals surface area (Å²) in [6.45, 7) is 9.55. The topological polar surface area (TPSA) is 59.4 Å². The van der Waals surface area contributed by atoms with Gasteiger partial charge >= 0.3 is 0 Å². The second-order valence-electron chi connectivity index (χ2n) is 4.10. The Kier molecular flexibility index (Phi) is 5.73. The van der Waals surface area contributed by atoms with Gasteiger partial charge in [0, 0.05) is 12.3 Å². The fourth-order valence-corrected chi connectivity index (χ4v) is 1.41. The van der Waals surface area contributed by atoms with E-state index in [0.29, 0.717) is 23.1 Å². The van der Waals surface area contributed by atoms with Gasteiger partial charge in [0.15, 0.2) is 17.4 Å². The second-order valence-corrected chi connectivity index (χ2v) is 4.10. The van der Waals surface area contributed by atoms with E-state index in [9.17, 15) is 0 Å². The van der Waals surface area contributed by atoms with Crippen molar-refractivity contribution in [2.75, 3.05) is 12.4 Å². The molecule has 1 N–H and O–H groups in total. The Labute approximate surface area is 114 Å². The molecule has 0 saturated heterocycles. The molecule has 5 nitrogen and oxygen atoms in total. The highest BCUT2D eigenvalue weighted by Crippen LogP contribution is 2.23. The van der Waals surface area contributed by atoms with E-state index in [1.165, 1.54) is 0 Å². The molecule has 5 heteroatoms. The molecule has 0 unspecified atom stereocenters. The maximum absolute atomic E-state index is 5.23. The highest BCUT2D eigenvalue weighted by Gasteiger charge is 2.10. The van der Waals surface area contributed by atoms with Crippen LogP contribution < -0.4 is 10.1 Å². The lowest BCUT2D eigenvalue weighted by atomic mass is 10.3. The predicted octanol–water partition coefficient (Wildman–Crippen LogP) is 2.92. The van der Waals surface area contributed by atoms with Crippen LogP contribution in [0.2, 0.25) is 0 Å². The van der Waals surface area contributed by atoms with Gasteiger partial charge in [0.2, 0.25) is 0 Å². The smallest absolute Gasteiger partial charge is 0.180 e. The standard InChI is InChI=1S/C14H20N4O/c1-6-8-15-11(7-2)13-16-9-12(19-5)14(18-13)17-10(3)4/h6-10H,1H2,2-5H3,(H,16,17,18)/b11-7-,15-8-. The van der Waals surface area contributed by atoms with Crippen molar-refractivity contribution in [2.24, 2.45) is 4.99 Å². The van der Waals surface area contributed by atoms with Crippen LogP contribution in [0.25, 0.3) is 5.70 Å². The first-order chi connectivity index (χ1) is 9.12. The summed E-state index contributed by atoms with van der Waals surface area (Å²) < 4.78 is 5.23. The van der Waals surface area contributed by atoms with Gasteiger partial charge in [0.1, 0.15) is 5.70 Å². The van der Waals surface area contributed by atoms with Crippen LogP contribution in [0.3, 0.4) is 0 Å². The van der Waals surface area contributed by atoms with Crippen molar-refractivity contribution in [3.63, 3.8) is 0 Å². The van der Waals surface area contributed by atoms with Crippen molar-refractivity contribution < 1.29 is 4.74 Å². The number of aliphatic imine (C=N–C) groups is 1. The van der Waals surface area contributed by atoms with Crippen LogP contribution in [0.15, 0.2) is 29.9 Å². The number of nitrogens with one attached hydrogen (secondary N) is 1. The minimum Gasteiger partial charge on any atom is -0.491 e. The quantitative estimate of drug-likeness (QED) is 0.799. The Morgan fingerprint density at radius 3 is 2.79 bits per heavy atom. The third-order valence-electron chi connectivity index (χ3n) is 2.22. The number of aromatic nitrogens is 2. The molecular formula is C14H20N4O. The minimum atomic E-state index is 0.252. The highest BCUT2D eigenvalue weighted by molar-refractivity contribution is 5.78. The van der Waals surface area contributed by atoms with Crippen LogP contribution in [0.5, 0.6) is 5.75 Å². The number of methoxy groups -OCH3 is 1. The Morgan fingerprint density at radius 2 is 2.26 bits per heavy atom. The molecule has 0 spiro atoms. The lowest BCUT2D eigenvalue weighted by Gasteiger charge is -2.13. The van der Waals surface area contributed by atoms with Gasteiger partial charge < -0.3 is 10.1 Å². The highest BCUT2D eigenvalue weighted by atomic mass is 16.5. The molecule has 0 radical (unpaired) electrons. The fraction of sp³-hybridized carbons (Fsp3) is 0.357. The lowest BCUT2D eigenvalue weighted by Crippen LogP contribution is -2.13. The molecule has 0 aliphatic rings. The molecule has 0 amide bonds. The van der Waals surface area contributed by atoms with Gasteiger partial charge in [-0.2, -0.15) is 0 Å². The van der Waals surface area contributed by atoms with Crippen LogP contribution in [-0.2, 0) is 0 Å². The molecule has 0 aliphatic heterocycles. The number of hydrogen-bond donors (Lipinski definition) is 1. The monoisotopic (exact) mass is 260 g/mol. The summed E-state index contributed by atoms with van der Waals surface area (Å²) in [4.78, 5) is 12.9. The van der Waals surface area contributed by atoms with E-state index in [1.807, 2.05) is 26.8 Å². The summed E-state index contributed by atoms with van der Waals surface area (Å²) in [6, 6.07) is 0.252. The van der Waals surface area contributed by atoms with E-state index >= 15 is 0 Å². The summed E-state index contributed by atoms with van der Waals surface area (Å²) in [5, 5.41) is 3.22. The normalized spacial score (nSPS) is 11.9. The first-order valence-electron chi connectivity index (χ1n) is 6.11. The first kappa shape index (κ1) is 14.9. The zero-order valence-electron chi connectivity index (χ0n) is 11.8. The Bertz CT molecular complexity index is 492. The van der Waals surface area contributed by atoms with Crippen LogP contribution >= 0.6 is 0 Å². The molecule has 0 fully saturated rings. The van der Waals surface area contributed by atoms with Gasteiger partial charge in [0.25, 0.3) is 0 Å². The molecule has 0 aliphatic carbocycles. The Hall–Kier alpha value is -2.17. The van der Waals surface area contributed by atoms with Gasteiger partial charge in [-0.15, -0.1) is 0 Å². The maximum Gasteiger partial charge on any atom is 0.180 e. The average molecular weight is 260 g/mol. The molecular weight excluding hydrogens is 240 g/mol. The Balaban J connectivity index is 3.15. The number of allylic oxidation sites excluding steroid dienone is 2.